The molecular weight excluding hydrogens is 208 g/mol. The van der Waals surface area contributed by atoms with E-state index in [0.29, 0.717) is 5.89 Å². The van der Waals surface area contributed by atoms with Gasteiger partial charge in [-0.3, -0.25) is 0 Å². The summed E-state index contributed by atoms with van der Waals surface area (Å²) in [5.41, 5.74) is 2.02. The molecule has 1 N–H and O–H groups in total. The highest BCUT2D eigenvalue weighted by atomic mass is 32.1. The number of nitrogens with one attached hydrogen (secondary N) is 1. The van der Waals surface area contributed by atoms with Gasteiger partial charge in [-0.1, -0.05) is 6.92 Å². The van der Waals surface area contributed by atoms with Crippen molar-refractivity contribution in [3.63, 3.8) is 0 Å². The summed E-state index contributed by atoms with van der Waals surface area (Å²) < 4.78 is 5.40. The van der Waals surface area contributed by atoms with E-state index < -0.39 is 0 Å². The summed E-state index contributed by atoms with van der Waals surface area (Å²) in [7, 11) is 0. The lowest BCUT2D eigenvalue weighted by Crippen LogP contribution is -2.13. The zero-order valence-corrected chi connectivity index (χ0v) is 9.51. The molecule has 0 aliphatic heterocycles. The smallest absolute Gasteiger partial charge is 0.227 e. The topological polar surface area (TPSA) is 38.1 Å². The Balaban J connectivity index is 1.98. The number of oxazole rings is 1. The molecular formula is C11H14N2OS. The second kappa shape index (κ2) is 5.09. The van der Waals surface area contributed by atoms with Crippen molar-refractivity contribution in [2.24, 2.45) is 0 Å². The highest BCUT2D eigenvalue weighted by molar-refractivity contribution is 7.08. The molecule has 0 fully saturated rings. The predicted molar refractivity (Wildman–Crippen MR) is 61.8 cm³/mol. The van der Waals surface area contributed by atoms with Gasteiger partial charge < -0.3 is 9.73 Å². The zero-order valence-electron chi connectivity index (χ0n) is 8.69. The van der Waals surface area contributed by atoms with E-state index in [0.717, 1.165) is 30.8 Å². The minimum absolute atomic E-state index is 0.713. The first-order valence-corrected chi connectivity index (χ1v) is 6.02. The third-order valence-corrected chi connectivity index (χ3v) is 2.74. The molecule has 0 aliphatic carbocycles. The van der Waals surface area contributed by atoms with Crippen molar-refractivity contribution in [3.05, 3.63) is 28.8 Å². The quantitative estimate of drug-likeness (QED) is 0.790. The highest BCUT2D eigenvalue weighted by Crippen LogP contribution is 2.20. The molecule has 2 aromatic heterocycles. The summed E-state index contributed by atoms with van der Waals surface area (Å²) in [6.07, 6.45) is 2.85. The molecule has 0 aliphatic rings. The van der Waals surface area contributed by atoms with Crippen LogP contribution in [0.3, 0.4) is 0 Å². The fraction of sp³-hybridized carbons (Fsp3) is 0.364. The summed E-state index contributed by atoms with van der Waals surface area (Å²) in [4.78, 5) is 4.40. The molecule has 2 aromatic rings. The molecule has 15 heavy (non-hydrogen) atoms. The second-order valence-electron chi connectivity index (χ2n) is 3.33. The van der Waals surface area contributed by atoms with Gasteiger partial charge in [0.1, 0.15) is 6.26 Å². The largest absolute Gasteiger partial charge is 0.444 e. The Morgan fingerprint density at radius 1 is 1.53 bits per heavy atom. The van der Waals surface area contributed by atoms with Gasteiger partial charge in [-0.15, -0.1) is 0 Å². The van der Waals surface area contributed by atoms with Crippen LogP contribution in [0.1, 0.15) is 19.0 Å². The van der Waals surface area contributed by atoms with Crippen molar-refractivity contribution >= 4 is 11.3 Å². The Labute approximate surface area is 93.2 Å². The normalized spacial score (nSPS) is 10.7. The van der Waals surface area contributed by atoms with Crippen LogP contribution in [-0.4, -0.2) is 11.5 Å². The van der Waals surface area contributed by atoms with E-state index >= 15 is 0 Å². The molecule has 2 rings (SSSR count). The van der Waals surface area contributed by atoms with Gasteiger partial charge >= 0.3 is 0 Å². The molecule has 0 radical (unpaired) electrons. The molecule has 0 unspecified atom stereocenters. The second-order valence-corrected chi connectivity index (χ2v) is 4.11. The van der Waals surface area contributed by atoms with E-state index in [1.54, 1.807) is 17.6 Å². The maximum absolute atomic E-state index is 5.40. The summed E-state index contributed by atoms with van der Waals surface area (Å²) >= 11 is 1.65. The Kier molecular flexibility index (Phi) is 3.53. The van der Waals surface area contributed by atoms with Crippen molar-refractivity contribution < 1.29 is 4.42 Å². The maximum Gasteiger partial charge on any atom is 0.227 e. The molecule has 4 heteroatoms. The van der Waals surface area contributed by atoms with Gasteiger partial charge in [0, 0.05) is 17.5 Å². The number of rotatable bonds is 5. The van der Waals surface area contributed by atoms with Crippen molar-refractivity contribution in [2.45, 2.75) is 19.9 Å². The average Bonchev–Trinajstić information content (AvgIpc) is 2.87. The van der Waals surface area contributed by atoms with Gasteiger partial charge in [0.05, 0.1) is 5.69 Å². The van der Waals surface area contributed by atoms with Crippen LogP contribution < -0.4 is 5.32 Å². The number of nitrogens with zero attached hydrogens (tertiary/aromatic N) is 1. The van der Waals surface area contributed by atoms with Crippen molar-refractivity contribution in [1.29, 1.82) is 0 Å². The summed E-state index contributed by atoms with van der Waals surface area (Å²) in [5, 5.41) is 7.35. The molecule has 0 aromatic carbocycles. The zero-order chi connectivity index (χ0) is 10.5. The molecule has 0 spiro atoms. The molecule has 3 nitrogen and oxygen atoms in total. The van der Waals surface area contributed by atoms with Crippen LogP contribution in [0.15, 0.2) is 27.5 Å². The molecule has 80 valence electrons. The van der Waals surface area contributed by atoms with Crippen LogP contribution >= 0.6 is 11.3 Å². The predicted octanol–water partition coefficient (Wildman–Crippen LogP) is 2.90. The fourth-order valence-corrected chi connectivity index (χ4v) is 1.93. The minimum atomic E-state index is 0.713. The number of aromatic nitrogens is 1. The number of thiophene rings is 1. The Morgan fingerprint density at radius 3 is 3.20 bits per heavy atom. The summed E-state index contributed by atoms with van der Waals surface area (Å²) in [6.45, 7) is 3.94. The lowest BCUT2D eigenvalue weighted by atomic mass is 10.3. The van der Waals surface area contributed by atoms with E-state index in [-0.39, 0.29) is 0 Å². The van der Waals surface area contributed by atoms with E-state index in [1.807, 2.05) is 16.8 Å². The summed E-state index contributed by atoms with van der Waals surface area (Å²) in [6, 6.07) is 2.01. The SMILES string of the molecule is CCCNCc1coc(-c2ccsc2)n1. The van der Waals surface area contributed by atoms with Crippen LogP contribution in [0.2, 0.25) is 0 Å². The van der Waals surface area contributed by atoms with E-state index in [1.165, 1.54) is 0 Å². The van der Waals surface area contributed by atoms with Crippen LogP contribution in [0.4, 0.5) is 0 Å². The molecule has 0 bridgehead atoms. The molecule has 2 heterocycles. The van der Waals surface area contributed by atoms with Crippen LogP contribution in [0.25, 0.3) is 11.5 Å². The van der Waals surface area contributed by atoms with Gasteiger partial charge in [-0.25, -0.2) is 4.98 Å². The van der Waals surface area contributed by atoms with Gasteiger partial charge in [0.15, 0.2) is 0 Å². The third kappa shape index (κ3) is 2.67. The van der Waals surface area contributed by atoms with Gasteiger partial charge in [0.2, 0.25) is 5.89 Å². The monoisotopic (exact) mass is 222 g/mol. The first-order chi connectivity index (χ1) is 7.40. The number of hydrogen-bond donors (Lipinski definition) is 1. The molecule has 0 amide bonds. The van der Waals surface area contributed by atoms with Crippen LogP contribution in [-0.2, 0) is 6.54 Å². The Bertz CT molecular complexity index is 394. The van der Waals surface area contributed by atoms with E-state index in [4.69, 9.17) is 4.42 Å². The van der Waals surface area contributed by atoms with E-state index in [2.05, 4.69) is 17.2 Å². The first-order valence-electron chi connectivity index (χ1n) is 5.08. The third-order valence-electron chi connectivity index (χ3n) is 2.05. The van der Waals surface area contributed by atoms with Crippen molar-refractivity contribution in [1.82, 2.24) is 10.3 Å². The van der Waals surface area contributed by atoms with Crippen molar-refractivity contribution in [2.75, 3.05) is 6.54 Å². The van der Waals surface area contributed by atoms with E-state index in [9.17, 15) is 0 Å². The number of hydrogen-bond acceptors (Lipinski definition) is 4. The lowest BCUT2D eigenvalue weighted by Gasteiger charge is -1.96. The maximum atomic E-state index is 5.40. The van der Waals surface area contributed by atoms with Crippen LogP contribution in [0, 0.1) is 0 Å². The van der Waals surface area contributed by atoms with Gasteiger partial charge in [-0.2, -0.15) is 11.3 Å². The lowest BCUT2D eigenvalue weighted by molar-refractivity contribution is 0.570. The highest BCUT2D eigenvalue weighted by Gasteiger charge is 2.05. The Hall–Kier alpha value is -1.13. The molecule has 0 saturated carbocycles. The average molecular weight is 222 g/mol. The van der Waals surface area contributed by atoms with Gasteiger partial charge in [-0.05, 0) is 24.4 Å². The van der Waals surface area contributed by atoms with Crippen LogP contribution in [0.5, 0.6) is 0 Å². The summed E-state index contributed by atoms with van der Waals surface area (Å²) in [5.74, 6) is 0.713. The standard InChI is InChI=1S/C11H14N2OS/c1-2-4-12-6-10-7-14-11(13-10)9-3-5-15-8-9/h3,5,7-8,12H,2,4,6H2,1H3. The van der Waals surface area contributed by atoms with Gasteiger partial charge in [0.25, 0.3) is 0 Å². The minimum Gasteiger partial charge on any atom is -0.444 e. The Morgan fingerprint density at radius 2 is 2.47 bits per heavy atom. The molecule has 0 saturated heterocycles. The van der Waals surface area contributed by atoms with Crippen molar-refractivity contribution in [3.8, 4) is 11.5 Å². The fourth-order valence-electron chi connectivity index (χ4n) is 1.30. The first kappa shape index (κ1) is 10.4. The molecule has 0 atom stereocenters.